The fraction of sp³-hybridized carbons (Fsp3) is 0.381. The summed E-state index contributed by atoms with van der Waals surface area (Å²) >= 11 is 0. The number of carbonyl (C=O) groups is 1. The van der Waals surface area contributed by atoms with E-state index in [9.17, 15) is 4.79 Å². The molecule has 0 saturated carbocycles. The van der Waals surface area contributed by atoms with Crippen molar-refractivity contribution >= 4 is 22.9 Å². The summed E-state index contributed by atoms with van der Waals surface area (Å²) in [7, 11) is 1.75. The maximum Gasteiger partial charge on any atom is 0.271 e. The van der Waals surface area contributed by atoms with E-state index in [1.54, 1.807) is 26.2 Å². The number of nitrogens with two attached hydrogens (primary N) is 1. The predicted molar refractivity (Wildman–Crippen MR) is 121 cm³/mol. The van der Waals surface area contributed by atoms with Crippen molar-refractivity contribution in [2.24, 2.45) is 0 Å². The van der Waals surface area contributed by atoms with Gasteiger partial charge in [0.15, 0.2) is 17.2 Å². The molecule has 0 spiro atoms. The van der Waals surface area contributed by atoms with Crippen molar-refractivity contribution in [1.29, 1.82) is 0 Å². The van der Waals surface area contributed by atoms with Gasteiger partial charge >= 0.3 is 0 Å². The minimum atomic E-state index is -0.478. The lowest BCUT2D eigenvalue weighted by Gasteiger charge is -2.15. The monoisotopic (exact) mass is 450 g/mol. The van der Waals surface area contributed by atoms with Crippen molar-refractivity contribution in [3.63, 3.8) is 0 Å². The van der Waals surface area contributed by atoms with Crippen LogP contribution in [-0.2, 0) is 12.0 Å². The number of carbonyl (C=O) groups excluding carboxylic acids is 1. The predicted octanol–water partition coefficient (Wildman–Crippen LogP) is 1.89. The average Bonchev–Trinajstić information content (AvgIpc) is 3.41. The van der Waals surface area contributed by atoms with Crippen LogP contribution in [0.15, 0.2) is 23.1 Å². The van der Waals surface area contributed by atoms with Gasteiger partial charge in [0, 0.05) is 23.6 Å². The van der Waals surface area contributed by atoms with Gasteiger partial charge < -0.3 is 25.9 Å². The van der Waals surface area contributed by atoms with Gasteiger partial charge in [-0.2, -0.15) is 0 Å². The summed E-state index contributed by atoms with van der Waals surface area (Å²) in [6.07, 6.45) is 2.97. The molecule has 0 radical (unpaired) electrons. The molecule has 4 rings (SSSR count). The first-order valence-electron chi connectivity index (χ1n) is 10.4. The second-order valence-electron chi connectivity index (χ2n) is 8.69. The van der Waals surface area contributed by atoms with Crippen LogP contribution in [0, 0.1) is 0 Å². The third-order valence-electron chi connectivity index (χ3n) is 5.00. The number of rotatable bonds is 6. The van der Waals surface area contributed by atoms with E-state index in [0.717, 1.165) is 0 Å². The molecule has 0 bridgehead atoms. The van der Waals surface area contributed by atoms with Crippen LogP contribution in [0.1, 0.15) is 61.4 Å². The van der Waals surface area contributed by atoms with Gasteiger partial charge in [-0.3, -0.25) is 4.79 Å². The zero-order valence-electron chi connectivity index (χ0n) is 19.1. The van der Waals surface area contributed by atoms with Crippen LogP contribution in [0.25, 0.3) is 22.7 Å². The van der Waals surface area contributed by atoms with Gasteiger partial charge in [0.05, 0.1) is 12.2 Å². The molecular formula is C21H26N10O2. The van der Waals surface area contributed by atoms with Crippen LogP contribution in [-0.4, -0.2) is 48.0 Å². The Bertz CT molecular complexity index is 1300. The van der Waals surface area contributed by atoms with Crippen LogP contribution < -0.4 is 16.4 Å². The van der Waals surface area contributed by atoms with Gasteiger partial charge in [-0.15, -0.1) is 0 Å². The van der Waals surface area contributed by atoms with E-state index in [1.807, 2.05) is 20.8 Å². The minimum Gasteiger partial charge on any atom is -0.383 e. The third-order valence-corrected chi connectivity index (χ3v) is 5.00. The van der Waals surface area contributed by atoms with Crippen molar-refractivity contribution in [3.8, 4) is 11.5 Å². The number of imidazole rings is 1. The van der Waals surface area contributed by atoms with E-state index in [2.05, 4.69) is 45.7 Å². The first-order chi connectivity index (χ1) is 15.7. The highest BCUT2D eigenvalue weighted by molar-refractivity contribution is 5.94. The minimum absolute atomic E-state index is 0.191. The Morgan fingerprint density at radius 1 is 1.24 bits per heavy atom. The number of amides is 1. The first kappa shape index (κ1) is 22.3. The average molecular weight is 451 g/mol. The van der Waals surface area contributed by atoms with Gasteiger partial charge in [0.25, 0.3) is 5.91 Å². The molecule has 0 aliphatic heterocycles. The summed E-state index contributed by atoms with van der Waals surface area (Å²) in [4.78, 5) is 37.5. The van der Waals surface area contributed by atoms with E-state index in [1.165, 1.54) is 6.33 Å². The van der Waals surface area contributed by atoms with Crippen LogP contribution in [0.5, 0.6) is 0 Å². The molecule has 1 unspecified atom stereocenters. The highest BCUT2D eigenvalue weighted by Gasteiger charge is 2.22. The number of nitrogens with zero attached hydrogens (tertiary/aromatic N) is 6. The number of H-pyrrole nitrogens is 1. The summed E-state index contributed by atoms with van der Waals surface area (Å²) in [5, 5.41) is 9.91. The Kier molecular flexibility index (Phi) is 5.77. The summed E-state index contributed by atoms with van der Waals surface area (Å²) in [6, 6.07) is 1.23. The van der Waals surface area contributed by atoms with E-state index >= 15 is 0 Å². The first-order valence-corrected chi connectivity index (χ1v) is 10.4. The molecule has 1 amide bonds. The SMILES string of the molecule is CNCc1c(N)ncnc1C(=O)NC(C)c1cc(-c2nc3nc(C(C)(C)C)ncc3[nH]2)no1. The van der Waals surface area contributed by atoms with Gasteiger partial charge in [-0.05, 0) is 14.0 Å². The maximum absolute atomic E-state index is 12.8. The molecule has 0 aliphatic carbocycles. The number of anilines is 1. The molecule has 12 nitrogen and oxygen atoms in total. The van der Waals surface area contributed by atoms with Crippen LogP contribution in [0.3, 0.4) is 0 Å². The molecule has 33 heavy (non-hydrogen) atoms. The zero-order valence-corrected chi connectivity index (χ0v) is 19.1. The Morgan fingerprint density at radius 3 is 2.76 bits per heavy atom. The summed E-state index contributed by atoms with van der Waals surface area (Å²) < 4.78 is 5.46. The molecular weight excluding hydrogens is 424 g/mol. The third kappa shape index (κ3) is 4.51. The zero-order chi connectivity index (χ0) is 23.8. The Morgan fingerprint density at radius 2 is 2.03 bits per heavy atom. The molecule has 4 aromatic rings. The van der Waals surface area contributed by atoms with Crippen molar-refractivity contribution in [1.82, 2.24) is 45.7 Å². The van der Waals surface area contributed by atoms with E-state index < -0.39 is 11.9 Å². The lowest BCUT2D eigenvalue weighted by Crippen LogP contribution is -2.29. The number of fused-ring (bicyclic) bond motifs is 1. The van der Waals surface area contributed by atoms with Gasteiger partial charge in [0.2, 0.25) is 0 Å². The smallest absolute Gasteiger partial charge is 0.271 e. The molecule has 4 aromatic heterocycles. The van der Waals surface area contributed by atoms with Crippen molar-refractivity contribution in [2.45, 2.75) is 45.7 Å². The van der Waals surface area contributed by atoms with Crippen LogP contribution in [0.2, 0.25) is 0 Å². The largest absolute Gasteiger partial charge is 0.383 e. The molecule has 0 aliphatic rings. The second kappa shape index (κ2) is 8.54. The van der Waals surface area contributed by atoms with Gasteiger partial charge in [-0.25, -0.2) is 24.9 Å². The number of hydrogen-bond acceptors (Lipinski definition) is 10. The number of nitrogen functional groups attached to an aromatic ring is 1. The second-order valence-corrected chi connectivity index (χ2v) is 8.69. The Balaban J connectivity index is 1.54. The summed E-state index contributed by atoms with van der Waals surface area (Å²) in [5.74, 6) is 1.51. The normalized spacial score (nSPS) is 12.8. The molecule has 1 atom stereocenters. The highest BCUT2D eigenvalue weighted by Crippen LogP contribution is 2.24. The molecule has 12 heteroatoms. The van der Waals surface area contributed by atoms with E-state index in [0.29, 0.717) is 46.4 Å². The molecule has 0 saturated heterocycles. The number of aromatic nitrogens is 7. The lowest BCUT2D eigenvalue weighted by atomic mass is 9.96. The molecule has 4 heterocycles. The van der Waals surface area contributed by atoms with E-state index in [-0.39, 0.29) is 16.9 Å². The summed E-state index contributed by atoms with van der Waals surface area (Å²) in [5.41, 5.74) is 8.18. The van der Waals surface area contributed by atoms with Crippen molar-refractivity contribution in [3.05, 3.63) is 41.4 Å². The van der Waals surface area contributed by atoms with Crippen molar-refractivity contribution in [2.75, 3.05) is 12.8 Å². The molecule has 0 aromatic carbocycles. The lowest BCUT2D eigenvalue weighted by molar-refractivity contribution is 0.0927. The molecule has 5 N–H and O–H groups in total. The Hall–Kier alpha value is -3.93. The van der Waals surface area contributed by atoms with Crippen molar-refractivity contribution < 1.29 is 9.32 Å². The van der Waals surface area contributed by atoms with Crippen LogP contribution >= 0.6 is 0 Å². The molecule has 0 fully saturated rings. The molecule has 172 valence electrons. The quantitative estimate of drug-likeness (QED) is 0.339. The van der Waals surface area contributed by atoms with Gasteiger partial charge in [-0.1, -0.05) is 25.9 Å². The standard InChI is InChI=1S/C21H26N10O2/c1-10(27-19(32)15-11(7-23-5)16(22)26-9-25-15)14-6-12(31-33-14)17-28-13-8-24-20(21(2,3)4)30-18(13)29-17/h6,8-10,23H,7H2,1-5H3,(H,27,32)(H2,22,25,26)(H,24,28,29,30). The number of hydrogen-bond donors (Lipinski definition) is 4. The fourth-order valence-electron chi connectivity index (χ4n) is 3.20. The summed E-state index contributed by atoms with van der Waals surface area (Å²) in [6.45, 7) is 8.27. The number of aromatic amines is 1. The van der Waals surface area contributed by atoms with Gasteiger partial charge in [0.1, 0.15) is 34.9 Å². The topological polar surface area (TPSA) is 173 Å². The fourth-order valence-corrected chi connectivity index (χ4v) is 3.20. The van der Waals surface area contributed by atoms with Crippen LogP contribution in [0.4, 0.5) is 5.82 Å². The highest BCUT2D eigenvalue weighted by atomic mass is 16.5. The maximum atomic E-state index is 12.8. The van der Waals surface area contributed by atoms with E-state index in [4.69, 9.17) is 10.3 Å². The Labute approximate surface area is 189 Å². The number of nitrogens with one attached hydrogen (secondary N) is 3.